The second kappa shape index (κ2) is 6.76. The van der Waals surface area contributed by atoms with Crippen molar-refractivity contribution in [2.45, 2.75) is 6.92 Å². The molecule has 23 heavy (non-hydrogen) atoms. The molecule has 0 aliphatic rings. The molecule has 0 atom stereocenters. The third-order valence-electron chi connectivity index (χ3n) is 3.32. The van der Waals surface area contributed by atoms with Crippen molar-refractivity contribution >= 4 is 16.9 Å². The first kappa shape index (κ1) is 14.8. The zero-order valence-corrected chi connectivity index (χ0v) is 12.7. The number of hydrogen-bond donors (Lipinski definition) is 0. The van der Waals surface area contributed by atoms with Crippen LogP contribution in [0.25, 0.3) is 10.9 Å². The van der Waals surface area contributed by atoms with Crippen LogP contribution in [0.3, 0.4) is 0 Å². The minimum Gasteiger partial charge on any atom is -0.462 e. The van der Waals surface area contributed by atoms with Gasteiger partial charge < -0.3 is 4.74 Å². The van der Waals surface area contributed by atoms with Crippen molar-refractivity contribution < 1.29 is 9.53 Å². The maximum Gasteiger partial charge on any atom is 0.339 e. The summed E-state index contributed by atoms with van der Waals surface area (Å²) in [6.07, 6.45) is 1.54. The first-order valence-electron chi connectivity index (χ1n) is 7.40. The molecule has 1 heterocycles. The monoisotopic (exact) mass is 301 g/mol. The number of pyridine rings is 1. The number of hydrogen-bond acceptors (Lipinski definition) is 3. The average Bonchev–Trinajstić information content (AvgIpc) is 2.60. The molecule has 0 spiro atoms. The second-order valence-electron chi connectivity index (χ2n) is 4.97. The highest BCUT2D eigenvalue weighted by atomic mass is 16.5. The first-order valence-corrected chi connectivity index (χ1v) is 7.40. The van der Waals surface area contributed by atoms with Gasteiger partial charge in [-0.1, -0.05) is 30.0 Å². The van der Waals surface area contributed by atoms with Crippen molar-refractivity contribution in [2.75, 3.05) is 6.61 Å². The summed E-state index contributed by atoms with van der Waals surface area (Å²) in [6.45, 7) is 2.13. The van der Waals surface area contributed by atoms with E-state index in [9.17, 15) is 4.79 Å². The van der Waals surface area contributed by atoms with Crippen LogP contribution in [-0.4, -0.2) is 17.6 Å². The highest BCUT2D eigenvalue weighted by Crippen LogP contribution is 2.16. The average molecular weight is 301 g/mol. The smallest absolute Gasteiger partial charge is 0.339 e. The molecule has 0 bridgehead atoms. The van der Waals surface area contributed by atoms with E-state index >= 15 is 0 Å². The topological polar surface area (TPSA) is 39.2 Å². The molecular weight excluding hydrogens is 286 g/mol. The molecule has 0 N–H and O–H groups in total. The summed E-state index contributed by atoms with van der Waals surface area (Å²) >= 11 is 0. The van der Waals surface area contributed by atoms with E-state index in [2.05, 4.69) is 16.8 Å². The van der Waals surface area contributed by atoms with Crippen LogP contribution in [0.5, 0.6) is 0 Å². The van der Waals surface area contributed by atoms with Crippen molar-refractivity contribution in [1.29, 1.82) is 0 Å². The highest BCUT2D eigenvalue weighted by molar-refractivity contribution is 5.93. The third-order valence-corrected chi connectivity index (χ3v) is 3.32. The molecule has 0 aliphatic carbocycles. The van der Waals surface area contributed by atoms with Gasteiger partial charge in [0.05, 0.1) is 17.7 Å². The Morgan fingerprint density at radius 2 is 1.83 bits per heavy atom. The minimum absolute atomic E-state index is 0.347. The van der Waals surface area contributed by atoms with Gasteiger partial charge in [-0.25, -0.2) is 4.79 Å². The number of esters is 1. The lowest BCUT2D eigenvalue weighted by molar-refractivity contribution is 0.0526. The molecule has 3 aromatic rings. The molecular formula is C20H15NO2. The number of rotatable bonds is 2. The van der Waals surface area contributed by atoms with Crippen LogP contribution in [-0.2, 0) is 4.74 Å². The number of carbonyl (C=O) groups excluding carboxylic acids is 1. The molecule has 3 nitrogen and oxygen atoms in total. The quantitative estimate of drug-likeness (QED) is 0.533. The van der Waals surface area contributed by atoms with Gasteiger partial charge in [-0.05, 0) is 43.3 Å². The van der Waals surface area contributed by atoms with Crippen molar-refractivity contribution in [3.05, 3.63) is 77.5 Å². The third kappa shape index (κ3) is 3.56. The Hall–Kier alpha value is -3.12. The van der Waals surface area contributed by atoms with Gasteiger partial charge in [0.15, 0.2) is 0 Å². The van der Waals surface area contributed by atoms with Crippen molar-refractivity contribution in [2.24, 2.45) is 0 Å². The van der Waals surface area contributed by atoms with Crippen LogP contribution in [0.1, 0.15) is 28.4 Å². The predicted octanol–water partition coefficient (Wildman–Crippen LogP) is 3.81. The summed E-state index contributed by atoms with van der Waals surface area (Å²) in [5, 5.41) is 0.871. The van der Waals surface area contributed by atoms with E-state index in [0.717, 1.165) is 22.0 Å². The Kier molecular flexibility index (Phi) is 4.35. The lowest BCUT2D eigenvalue weighted by atomic mass is 10.1. The largest absolute Gasteiger partial charge is 0.462 e. The predicted molar refractivity (Wildman–Crippen MR) is 90.1 cm³/mol. The molecule has 3 rings (SSSR count). The van der Waals surface area contributed by atoms with Crippen molar-refractivity contribution in [3.8, 4) is 11.8 Å². The normalized spacial score (nSPS) is 9.96. The van der Waals surface area contributed by atoms with Crippen LogP contribution in [0.4, 0.5) is 0 Å². The summed E-state index contributed by atoms with van der Waals surface area (Å²) in [5.74, 6) is 5.90. The van der Waals surface area contributed by atoms with Gasteiger partial charge in [0.1, 0.15) is 0 Å². The summed E-state index contributed by atoms with van der Waals surface area (Å²) in [4.78, 5) is 16.1. The van der Waals surface area contributed by atoms with Gasteiger partial charge in [-0.15, -0.1) is 0 Å². The number of benzene rings is 2. The van der Waals surface area contributed by atoms with Crippen LogP contribution in [0.15, 0.2) is 60.8 Å². The zero-order valence-electron chi connectivity index (χ0n) is 12.7. The molecule has 0 fully saturated rings. The molecule has 0 saturated heterocycles. The minimum atomic E-state index is -0.359. The fourth-order valence-electron chi connectivity index (χ4n) is 2.20. The van der Waals surface area contributed by atoms with E-state index in [1.807, 2.05) is 48.5 Å². The van der Waals surface area contributed by atoms with E-state index in [-0.39, 0.29) is 5.97 Å². The van der Waals surface area contributed by atoms with Gasteiger partial charge >= 0.3 is 5.97 Å². The Balaban J connectivity index is 1.94. The standard InChI is InChI=1S/C20H15NO2/c1-2-23-20(22)18-13-17-12-16(10-11-19(17)21-14-18)9-8-15-6-4-3-5-7-15/h3-7,10-14H,2H2,1H3. The molecule has 0 aliphatic heterocycles. The maximum absolute atomic E-state index is 11.8. The van der Waals surface area contributed by atoms with Gasteiger partial charge in [0, 0.05) is 22.7 Å². The number of carbonyl (C=O) groups is 1. The van der Waals surface area contributed by atoms with Crippen LogP contribution in [0, 0.1) is 11.8 Å². The SMILES string of the molecule is CCOC(=O)c1cnc2ccc(C#Cc3ccccc3)cc2c1. The lowest BCUT2D eigenvalue weighted by Gasteiger charge is -2.03. The van der Waals surface area contributed by atoms with Crippen LogP contribution < -0.4 is 0 Å². The Morgan fingerprint density at radius 3 is 2.61 bits per heavy atom. The van der Waals surface area contributed by atoms with Gasteiger partial charge in [0.2, 0.25) is 0 Å². The number of aromatic nitrogens is 1. The molecule has 3 heteroatoms. The van der Waals surface area contributed by atoms with E-state index in [1.165, 1.54) is 6.20 Å². The summed E-state index contributed by atoms with van der Waals surface area (Å²) in [5.41, 5.74) is 3.12. The molecule has 0 saturated carbocycles. The summed E-state index contributed by atoms with van der Waals surface area (Å²) in [7, 11) is 0. The molecule has 112 valence electrons. The van der Waals surface area contributed by atoms with Crippen molar-refractivity contribution in [1.82, 2.24) is 4.98 Å². The number of nitrogens with zero attached hydrogens (tertiary/aromatic N) is 1. The van der Waals surface area contributed by atoms with Gasteiger partial charge in [-0.3, -0.25) is 4.98 Å². The molecule has 0 amide bonds. The Bertz CT molecular complexity index is 905. The molecule has 1 aromatic heterocycles. The number of ether oxygens (including phenoxy) is 1. The van der Waals surface area contributed by atoms with Gasteiger partial charge in [0.25, 0.3) is 0 Å². The van der Waals surface area contributed by atoms with E-state index in [1.54, 1.807) is 13.0 Å². The molecule has 2 aromatic carbocycles. The molecule has 0 radical (unpaired) electrons. The van der Waals surface area contributed by atoms with E-state index < -0.39 is 0 Å². The van der Waals surface area contributed by atoms with Crippen LogP contribution in [0.2, 0.25) is 0 Å². The van der Waals surface area contributed by atoms with E-state index in [4.69, 9.17) is 4.74 Å². The lowest BCUT2D eigenvalue weighted by Crippen LogP contribution is -2.04. The Morgan fingerprint density at radius 1 is 1.04 bits per heavy atom. The molecule has 0 unspecified atom stereocenters. The number of fused-ring (bicyclic) bond motifs is 1. The Labute approximate surface area is 134 Å². The van der Waals surface area contributed by atoms with Gasteiger partial charge in [-0.2, -0.15) is 0 Å². The fourth-order valence-corrected chi connectivity index (χ4v) is 2.20. The summed E-state index contributed by atoms with van der Waals surface area (Å²) < 4.78 is 5.01. The summed E-state index contributed by atoms with van der Waals surface area (Å²) in [6, 6.07) is 17.4. The zero-order chi connectivity index (χ0) is 16.1. The second-order valence-corrected chi connectivity index (χ2v) is 4.97. The first-order chi connectivity index (χ1) is 11.3. The fraction of sp³-hybridized carbons (Fsp3) is 0.100. The maximum atomic E-state index is 11.8. The van der Waals surface area contributed by atoms with E-state index in [0.29, 0.717) is 12.2 Å². The van der Waals surface area contributed by atoms with Crippen LogP contribution >= 0.6 is 0 Å². The highest BCUT2D eigenvalue weighted by Gasteiger charge is 2.08. The van der Waals surface area contributed by atoms with Crippen molar-refractivity contribution in [3.63, 3.8) is 0 Å².